The summed E-state index contributed by atoms with van der Waals surface area (Å²) in [6.45, 7) is 4.56. The molecule has 1 rings (SSSR count). The Labute approximate surface area is 75.7 Å². The van der Waals surface area contributed by atoms with Gasteiger partial charge in [0.1, 0.15) is 0 Å². The highest BCUT2D eigenvalue weighted by Crippen LogP contribution is 2.03. The minimum atomic E-state index is -1.03. The average Bonchev–Trinajstić information content (AvgIpc) is 2.07. The fraction of sp³-hybridized carbons (Fsp3) is 0.714. The molecule has 74 valence electrons. The topological polar surface area (TPSA) is 67.9 Å². The molecule has 0 aliphatic carbocycles. The molecule has 0 radical (unpaired) electrons. The van der Waals surface area contributed by atoms with Crippen LogP contribution in [0, 0.1) is 5.92 Å². The van der Waals surface area contributed by atoms with E-state index in [1.807, 2.05) is 13.8 Å². The van der Waals surface area contributed by atoms with Gasteiger partial charge in [0, 0.05) is 0 Å². The molecule has 0 amide bonds. The fourth-order valence-electron chi connectivity index (χ4n) is 0.757. The summed E-state index contributed by atoms with van der Waals surface area (Å²) in [6, 6.07) is 0. The first-order chi connectivity index (χ1) is 6.09. The maximum Gasteiger partial charge on any atom is 0.439 e. The van der Waals surface area contributed by atoms with Crippen LogP contribution in [0.4, 0.5) is 0 Å². The van der Waals surface area contributed by atoms with Gasteiger partial charge in [-0.1, -0.05) is 13.8 Å². The predicted molar refractivity (Wildman–Crippen MR) is 41.5 cm³/mol. The summed E-state index contributed by atoms with van der Waals surface area (Å²) in [5.74, 6) is -1.54. The highest BCUT2D eigenvalue weighted by atomic mass is 16.9. The van der Waals surface area contributed by atoms with E-state index in [4.69, 9.17) is 0 Å². The molecule has 0 spiro atoms. The highest BCUT2D eigenvalue weighted by molar-refractivity contribution is 6.29. The molecule has 0 bridgehead atoms. The normalized spacial score (nSPS) is 18.7. The van der Waals surface area contributed by atoms with Crippen molar-refractivity contribution in [2.24, 2.45) is 5.92 Å². The zero-order chi connectivity index (χ0) is 9.84. The molecule has 0 atom stereocenters. The SMILES string of the molecule is CC(C)CCN1NOC(=O)C(=O)O1. The predicted octanol–water partition coefficient (Wildman–Crippen LogP) is -0.231. The highest BCUT2D eigenvalue weighted by Gasteiger charge is 2.28. The van der Waals surface area contributed by atoms with Crippen molar-refractivity contribution in [3.8, 4) is 0 Å². The first-order valence-corrected chi connectivity index (χ1v) is 4.06. The van der Waals surface area contributed by atoms with E-state index < -0.39 is 11.9 Å². The van der Waals surface area contributed by atoms with E-state index in [2.05, 4.69) is 15.3 Å². The molecular weight excluding hydrogens is 176 g/mol. The Hall–Kier alpha value is -1.14. The van der Waals surface area contributed by atoms with Crippen molar-refractivity contribution < 1.29 is 19.3 Å². The Morgan fingerprint density at radius 2 is 2.08 bits per heavy atom. The van der Waals surface area contributed by atoms with Crippen LogP contribution < -0.4 is 5.59 Å². The summed E-state index contributed by atoms with van der Waals surface area (Å²) >= 11 is 0. The van der Waals surface area contributed by atoms with Gasteiger partial charge in [0.25, 0.3) is 0 Å². The summed E-state index contributed by atoms with van der Waals surface area (Å²) < 4.78 is 0. The monoisotopic (exact) mass is 188 g/mol. The molecule has 6 heteroatoms. The number of hydrogen-bond donors (Lipinski definition) is 1. The summed E-state index contributed by atoms with van der Waals surface area (Å²) in [7, 11) is 0. The van der Waals surface area contributed by atoms with Crippen molar-refractivity contribution in [1.29, 1.82) is 0 Å². The molecule has 1 aliphatic heterocycles. The quantitative estimate of drug-likeness (QED) is 0.617. The van der Waals surface area contributed by atoms with Crippen molar-refractivity contribution in [1.82, 2.24) is 10.8 Å². The van der Waals surface area contributed by atoms with Gasteiger partial charge in [-0.3, -0.25) is 0 Å². The van der Waals surface area contributed by atoms with Gasteiger partial charge in [-0.2, -0.15) is 0 Å². The second kappa shape index (κ2) is 4.20. The Kier molecular flexibility index (Phi) is 3.21. The van der Waals surface area contributed by atoms with Gasteiger partial charge in [-0.05, 0) is 23.1 Å². The maximum atomic E-state index is 10.7. The fourth-order valence-corrected chi connectivity index (χ4v) is 0.757. The molecule has 0 unspecified atom stereocenters. The van der Waals surface area contributed by atoms with Crippen LogP contribution in [0.15, 0.2) is 0 Å². The van der Waals surface area contributed by atoms with Crippen LogP contribution >= 0.6 is 0 Å². The van der Waals surface area contributed by atoms with Crippen molar-refractivity contribution >= 4 is 11.9 Å². The number of nitrogens with zero attached hydrogens (tertiary/aromatic N) is 1. The van der Waals surface area contributed by atoms with Crippen molar-refractivity contribution in [3.05, 3.63) is 0 Å². The van der Waals surface area contributed by atoms with Gasteiger partial charge < -0.3 is 9.68 Å². The second-order valence-electron chi connectivity index (χ2n) is 3.14. The largest absolute Gasteiger partial charge is 0.439 e. The summed E-state index contributed by atoms with van der Waals surface area (Å²) in [5, 5.41) is 1.10. The van der Waals surface area contributed by atoms with Gasteiger partial charge in [-0.25, -0.2) is 9.59 Å². The molecule has 0 aromatic carbocycles. The lowest BCUT2D eigenvalue weighted by Gasteiger charge is -2.24. The summed E-state index contributed by atoms with van der Waals surface area (Å²) in [6.07, 6.45) is 0.831. The van der Waals surface area contributed by atoms with Crippen LogP contribution in [0.1, 0.15) is 20.3 Å². The van der Waals surface area contributed by atoms with Gasteiger partial charge in [0.05, 0.1) is 6.54 Å². The van der Waals surface area contributed by atoms with E-state index in [1.54, 1.807) is 0 Å². The lowest BCUT2D eigenvalue weighted by molar-refractivity contribution is -0.280. The number of hydrazine groups is 1. The number of rotatable bonds is 3. The van der Waals surface area contributed by atoms with Crippen LogP contribution in [0.3, 0.4) is 0 Å². The molecule has 13 heavy (non-hydrogen) atoms. The standard InChI is InChI=1S/C7H12N2O4/c1-5(2)3-4-9-8-12-6(10)7(11)13-9/h5,8H,3-4H2,1-2H3. The number of hydroxylamine groups is 1. The molecular formula is C7H12N2O4. The van der Waals surface area contributed by atoms with Gasteiger partial charge in [-0.15, -0.1) is 0 Å². The van der Waals surface area contributed by atoms with E-state index in [0.29, 0.717) is 12.5 Å². The van der Waals surface area contributed by atoms with E-state index in [0.717, 1.165) is 11.6 Å². The van der Waals surface area contributed by atoms with E-state index in [9.17, 15) is 9.59 Å². The zero-order valence-corrected chi connectivity index (χ0v) is 7.57. The van der Waals surface area contributed by atoms with Crippen molar-refractivity contribution in [2.75, 3.05) is 6.54 Å². The number of carbonyl (C=O) groups is 2. The summed E-state index contributed by atoms with van der Waals surface area (Å²) in [5.41, 5.74) is 2.20. The van der Waals surface area contributed by atoms with Crippen LogP contribution in [-0.4, -0.2) is 23.7 Å². The van der Waals surface area contributed by atoms with Gasteiger partial charge in [0.15, 0.2) is 0 Å². The molecule has 1 heterocycles. The molecule has 0 saturated carbocycles. The molecule has 0 aromatic heterocycles. The lowest BCUT2D eigenvalue weighted by atomic mass is 10.1. The van der Waals surface area contributed by atoms with Crippen LogP contribution in [0.25, 0.3) is 0 Å². The second-order valence-corrected chi connectivity index (χ2v) is 3.14. The maximum absolute atomic E-state index is 10.7. The van der Waals surface area contributed by atoms with Crippen molar-refractivity contribution in [3.63, 3.8) is 0 Å². The Morgan fingerprint density at radius 1 is 1.38 bits per heavy atom. The molecule has 0 aromatic rings. The average molecular weight is 188 g/mol. The van der Waals surface area contributed by atoms with Crippen LogP contribution in [0.2, 0.25) is 0 Å². The number of nitrogens with one attached hydrogen (secondary N) is 1. The number of hydrogen-bond acceptors (Lipinski definition) is 6. The molecule has 6 nitrogen and oxygen atoms in total. The van der Waals surface area contributed by atoms with Crippen molar-refractivity contribution in [2.45, 2.75) is 20.3 Å². The molecule has 1 saturated heterocycles. The van der Waals surface area contributed by atoms with E-state index in [1.165, 1.54) is 0 Å². The van der Waals surface area contributed by atoms with E-state index in [-0.39, 0.29) is 0 Å². The third-order valence-electron chi connectivity index (χ3n) is 1.51. The van der Waals surface area contributed by atoms with Gasteiger partial charge in [0.2, 0.25) is 0 Å². The molecule has 1 fully saturated rings. The molecule has 1 N–H and O–H groups in total. The Bertz CT molecular complexity index is 217. The van der Waals surface area contributed by atoms with Crippen LogP contribution in [0.5, 0.6) is 0 Å². The minimum absolute atomic E-state index is 0.483. The first-order valence-electron chi connectivity index (χ1n) is 4.06. The molecule has 1 aliphatic rings. The first kappa shape index (κ1) is 9.94. The van der Waals surface area contributed by atoms with E-state index >= 15 is 0 Å². The lowest BCUT2D eigenvalue weighted by Crippen LogP contribution is -2.49. The number of carbonyl (C=O) groups excluding carboxylic acids is 2. The zero-order valence-electron chi connectivity index (χ0n) is 7.57. The minimum Gasteiger partial charge on any atom is -0.343 e. The van der Waals surface area contributed by atoms with Crippen LogP contribution in [-0.2, 0) is 19.3 Å². The van der Waals surface area contributed by atoms with Gasteiger partial charge >= 0.3 is 11.9 Å². The summed E-state index contributed by atoms with van der Waals surface area (Å²) in [4.78, 5) is 30.0. The third-order valence-corrected chi connectivity index (χ3v) is 1.51. The Morgan fingerprint density at radius 3 is 2.62 bits per heavy atom. The Balaban J connectivity index is 2.29. The third kappa shape index (κ3) is 3.00. The smallest absolute Gasteiger partial charge is 0.343 e.